The molecule has 0 amide bonds. The van der Waals surface area contributed by atoms with E-state index < -0.39 is 0 Å². The summed E-state index contributed by atoms with van der Waals surface area (Å²) in [6.45, 7) is 2.43. The van der Waals surface area contributed by atoms with Gasteiger partial charge in [0.2, 0.25) is 0 Å². The molecule has 1 aliphatic heterocycles. The van der Waals surface area contributed by atoms with Crippen molar-refractivity contribution in [2.75, 3.05) is 13.1 Å². The molecule has 3 N–H and O–H groups in total. The Hall–Kier alpha value is -0.0800. The predicted octanol–water partition coefficient (Wildman–Crippen LogP) is -0.0569. The van der Waals surface area contributed by atoms with Crippen LogP contribution in [0.4, 0.5) is 0 Å². The quantitative estimate of drug-likeness (QED) is 0.492. The van der Waals surface area contributed by atoms with Crippen molar-refractivity contribution in [3.05, 3.63) is 0 Å². The Morgan fingerprint density at radius 3 is 3.10 bits per heavy atom. The third-order valence-corrected chi connectivity index (χ3v) is 3.82. The lowest BCUT2D eigenvalue weighted by Gasteiger charge is -2.16. The van der Waals surface area contributed by atoms with E-state index in [0.29, 0.717) is 5.54 Å². The SMILES string of the molecule is N[C@]12CC1C[C@@H]1CNC[C@@H]12. The summed E-state index contributed by atoms with van der Waals surface area (Å²) in [4.78, 5) is 0. The van der Waals surface area contributed by atoms with Crippen LogP contribution < -0.4 is 11.1 Å². The lowest BCUT2D eigenvalue weighted by Crippen LogP contribution is -2.34. The van der Waals surface area contributed by atoms with Crippen molar-refractivity contribution >= 4 is 0 Å². The van der Waals surface area contributed by atoms with Crippen molar-refractivity contribution in [1.82, 2.24) is 5.32 Å². The molecule has 10 heavy (non-hydrogen) atoms. The summed E-state index contributed by atoms with van der Waals surface area (Å²) >= 11 is 0. The van der Waals surface area contributed by atoms with Gasteiger partial charge in [0.1, 0.15) is 0 Å². The molecule has 4 atom stereocenters. The minimum atomic E-state index is 0.300. The number of nitrogens with two attached hydrogens (primary N) is 1. The van der Waals surface area contributed by atoms with E-state index in [1.165, 1.54) is 25.9 Å². The number of hydrogen-bond acceptors (Lipinski definition) is 2. The Morgan fingerprint density at radius 2 is 2.30 bits per heavy atom. The zero-order valence-corrected chi connectivity index (χ0v) is 6.14. The van der Waals surface area contributed by atoms with Crippen LogP contribution in [0.1, 0.15) is 12.8 Å². The lowest BCUT2D eigenvalue weighted by molar-refractivity contribution is 0.389. The summed E-state index contributed by atoms with van der Waals surface area (Å²) in [5, 5.41) is 3.43. The maximum absolute atomic E-state index is 6.20. The van der Waals surface area contributed by atoms with Crippen molar-refractivity contribution in [1.29, 1.82) is 0 Å². The molecule has 0 spiro atoms. The van der Waals surface area contributed by atoms with Crippen molar-refractivity contribution in [2.24, 2.45) is 23.5 Å². The standard InChI is InChI=1S/C8H14N2/c9-8-2-6(8)1-5-3-10-4-7(5)8/h5-7,10H,1-4,9H2/t5-,6?,7+,8-/m1/s1. The molecule has 1 saturated heterocycles. The summed E-state index contributed by atoms with van der Waals surface area (Å²) in [6.07, 6.45) is 2.73. The molecule has 3 rings (SSSR count). The van der Waals surface area contributed by atoms with Crippen LogP contribution in [0.25, 0.3) is 0 Å². The fraction of sp³-hybridized carbons (Fsp3) is 1.00. The summed E-state index contributed by atoms with van der Waals surface area (Å²) in [5.74, 6) is 2.67. The first-order chi connectivity index (χ1) is 4.81. The lowest BCUT2D eigenvalue weighted by atomic mass is 9.92. The molecular formula is C8H14N2. The summed E-state index contributed by atoms with van der Waals surface area (Å²) in [5.41, 5.74) is 6.50. The van der Waals surface area contributed by atoms with Gasteiger partial charge >= 0.3 is 0 Å². The van der Waals surface area contributed by atoms with Crippen molar-refractivity contribution < 1.29 is 0 Å². The van der Waals surface area contributed by atoms with Gasteiger partial charge in [0.15, 0.2) is 0 Å². The molecule has 0 bridgehead atoms. The van der Waals surface area contributed by atoms with Crippen LogP contribution in [0.5, 0.6) is 0 Å². The van der Waals surface area contributed by atoms with E-state index in [-0.39, 0.29) is 0 Å². The maximum Gasteiger partial charge on any atom is 0.0230 e. The van der Waals surface area contributed by atoms with Crippen molar-refractivity contribution in [2.45, 2.75) is 18.4 Å². The molecule has 2 heteroatoms. The van der Waals surface area contributed by atoms with Crippen molar-refractivity contribution in [3.8, 4) is 0 Å². The molecule has 0 aromatic carbocycles. The van der Waals surface area contributed by atoms with Gasteiger partial charge < -0.3 is 11.1 Å². The average molecular weight is 138 g/mol. The van der Waals surface area contributed by atoms with Crippen LogP contribution in [0.3, 0.4) is 0 Å². The summed E-state index contributed by atoms with van der Waals surface area (Å²) in [6, 6.07) is 0. The molecule has 1 heterocycles. The van der Waals surface area contributed by atoms with Gasteiger partial charge in [-0.3, -0.25) is 0 Å². The van der Waals surface area contributed by atoms with E-state index in [0.717, 1.165) is 17.8 Å². The van der Waals surface area contributed by atoms with Crippen LogP contribution in [-0.2, 0) is 0 Å². The number of nitrogens with one attached hydrogen (secondary N) is 1. The van der Waals surface area contributed by atoms with Gasteiger partial charge in [0.25, 0.3) is 0 Å². The predicted molar refractivity (Wildman–Crippen MR) is 39.5 cm³/mol. The highest BCUT2D eigenvalue weighted by Gasteiger charge is 2.64. The maximum atomic E-state index is 6.20. The molecule has 3 aliphatic rings. The van der Waals surface area contributed by atoms with Crippen LogP contribution >= 0.6 is 0 Å². The molecule has 0 aromatic heterocycles. The summed E-state index contributed by atoms with van der Waals surface area (Å²) in [7, 11) is 0. The third-order valence-electron chi connectivity index (χ3n) is 3.82. The average Bonchev–Trinajstić information content (AvgIpc) is 2.35. The minimum absolute atomic E-state index is 0.300. The van der Waals surface area contributed by atoms with Gasteiger partial charge in [-0.1, -0.05) is 0 Å². The van der Waals surface area contributed by atoms with E-state index in [2.05, 4.69) is 5.32 Å². The first-order valence-corrected chi connectivity index (χ1v) is 4.30. The van der Waals surface area contributed by atoms with Gasteiger partial charge in [-0.25, -0.2) is 0 Å². The Labute approximate surface area is 61.2 Å². The van der Waals surface area contributed by atoms with E-state index >= 15 is 0 Å². The van der Waals surface area contributed by atoms with Crippen LogP contribution in [-0.4, -0.2) is 18.6 Å². The smallest absolute Gasteiger partial charge is 0.0230 e. The summed E-state index contributed by atoms with van der Waals surface area (Å²) < 4.78 is 0. The molecule has 2 saturated carbocycles. The van der Waals surface area contributed by atoms with Gasteiger partial charge in [0, 0.05) is 12.1 Å². The Bertz CT molecular complexity index is 180. The first-order valence-electron chi connectivity index (χ1n) is 4.30. The first kappa shape index (κ1) is 5.56. The molecule has 2 nitrogen and oxygen atoms in total. The number of hydrogen-bond donors (Lipinski definition) is 2. The topological polar surface area (TPSA) is 38.0 Å². The molecular weight excluding hydrogens is 124 g/mol. The van der Waals surface area contributed by atoms with Gasteiger partial charge in [-0.15, -0.1) is 0 Å². The Kier molecular flexibility index (Phi) is 0.783. The largest absolute Gasteiger partial charge is 0.325 e. The van der Waals surface area contributed by atoms with E-state index in [1.807, 2.05) is 0 Å². The second-order valence-corrected chi connectivity index (χ2v) is 4.27. The number of fused-ring (bicyclic) bond motifs is 3. The Morgan fingerprint density at radius 1 is 1.40 bits per heavy atom. The van der Waals surface area contributed by atoms with Crippen LogP contribution in [0, 0.1) is 17.8 Å². The van der Waals surface area contributed by atoms with Gasteiger partial charge in [-0.2, -0.15) is 0 Å². The highest BCUT2D eigenvalue weighted by atomic mass is 15.0. The molecule has 0 radical (unpaired) electrons. The molecule has 1 unspecified atom stereocenters. The zero-order chi connectivity index (χ0) is 6.77. The molecule has 56 valence electrons. The van der Waals surface area contributed by atoms with Gasteiger partial charge in [0.05, 0.1) is 0 Å². The second kappa shape index (κ2) is 1.41. The molecule has 0 aromatic rings. The van der Waals surface area contributed by atoms with E-state index in [4.69, 9.17) is 5.73 Å². The van der Waals surface area contributed by atoms with Crippen LogP contribution in [0.2, 0.25) is 0 Å². The number of rotatable bonds is 0. The monoisotopic (exact) mass is 138 g/mol. The molecule has 3 fully saturated rings. The minimum Gasteiger partial charge on any atom is -0.325 e. The van der Waals surface area contributed by atoms with Crippen molar-refractivity contribution in [3.63, 3.8) is 0 Å². The fourth-order valence-electron chi connectivity index (χ4n) is 3.10. The van der Waals surface area contributed by atoms with Crippen LogP contribution in [0.15, 0.2) is 0 Å². The van der Waals surface area contributed by atoms with E-state index in [9.17, 15) is 0 Å². The Balaban J connectivity index is 1.93. The zero-order valence-electron chi connectivity index (χ0n) is 6.14. The van der Waals surface area contributed by atoms with Gasteiger partial charge in [-0.05, 0) is 37.1 Å². The normalized spacial score (nSPS) is 63.9. The fourth-order valence-corrected chi connectivity index (χ4v) is 3.10. The van der Waals surface area contributed by atoms with E-state index in [1.54, 1.807) is 0 Å². The third kappa shape index (κ3) is 0.453. The second-order valence-electron chi connectivity index (χ2n) is 4.27. The highest BCUT2D eigenvalue weighted by Crippen LogP contribution is 2.60. The molecule has 2 aliphatic carbocycles. The highest BCUT2D eigenvalue weighted by molar-refractivity contribution is 5.20.